The molecule has 26 heavy (non-hydrogen) atoms. The van der Waals surface area contributed by atoms with E-state index in [0.717, 1.165) is 0 Å². The first-order chi connectivity index (χ1) is 12.5. The second-order valence-electron chi connectivity index (χ2n) is 5.47. The van der Waals surface area contributed by atoms with E-state index in [0.29, 0.717) is 22.2 Å². The van der Waals surface area contributed by atoms with E-state index in [1.807, 2.05) is 6.92 Å². The molecule has 0 fully saturated rings. The highest BCUT2D eigenvalue weighted by molar-refractivity contribution is 6.31. The molecule has 0 saturated heterocycles. The van der Waals surface area contributed by atoms with Gasteiger partial charge in [0.25, 0.3) is 0 Å². The average Bonchev–Trinajstić information content (AvgIpc) is 2.62. The molecular formula is C19H21ClO6. The standard InChI is InChI=1S/C19H21ClO6/c1-5-7-15(22)26-17-13-10-11(20)8-9-12(13)16(25-14(21)6-2)18(23-3)19(17)24-4/h8-10H,5-7H2,1-4H3. The number of carbonyl (C=O) groups is 2. The number of carbonyl (C=O) groups excluding carboxylic acids is 2. The Labute approximate surface area is 156 Å². The third kappa shape index (κ3) is 4.02. The molecule has 0 aliphatic heterocycles. The highest BCUT2D eigenvalue weighted by atomic mass is 35.5. The maximum Gasteiger partial charge on any atom is 0.311 e. The van der Waals surface area contributed by atoms with Gasteiger partial charge in [0.2, 0.25) is 11.5 Å². The van der Waals surface area contributed by atoms with Gasteiger partial charge in [-0.05, 0) is 24.6 Å². The van der Waals surface area contributed by atoms with E-state index in [2.05, 4.69) is 0 Å². The van der Waals surface area contributed by atoms with E-state index in [9.17, 15) is 9.59 Å². The van der Waals surface area contributed by atoms with Crippen molar-refractivity contribution >= 4 is 34.3 Å². The van der Waals surface area contributed by atoms with Crippen LogP contribution in [0.5, 0.6) is 23.0 Å². The van der Waals surface area contributed by atoms with Crippen molar-refractivity contribution in [1.29, 1.82) is 0 Å². The second kappa shape index (κ2) is 8.76. The smallest absolute Gasteiger partial charge is 0.311 e. The van der Waals surface area contributed by atoms with E-state index < -0.39 is 11.9 Å². The van der Waals surface area contributed by atoms with Gasteiger partial charge in [-0.2, -0.15) is 0 Å². The van der Waals surface area contributed by atoms with Gasteiger partial charge >= 0.3 is 11.9 Å². The molecular weight excluding hydrogens is 360 g/mol. The van der Waals surface area contributed by atoms with Gasteiger partial charge < -0.3 is 18.9 Å². The van der Waals surface area contributed by atoms with Gasteiger partial charge in [-0.15, -0.1) is 0 Å². The van der Waals surface area contributed by atoms with Crippen LogP contribution in [-0.4, -0.2) is 26.2 Å². The average molecular weight is 381 g/mol. The van der Waals surface area contributed by atoms with Crippen LogP contribution in [0.25, 0.3) is 10.8 Å². The van der Waals surface area contributed by atoms with Crippen LogP contribution in [-0.2, 0) is 9.59 Å². The summed E-state index contributed by atoms with van der Waals surface area (Å²) in [4.78, 5) is 24.0. The zero-order chi connectivity index (χ0) is 19.3. The summed E-state index contributed by atoms with van der Waals surface area (Å²) in [6, 6.07) is 4.95. The number of benzene rings is 2. The number of fused-ring (bicyclic) bond motifs is 1. The lowest BCUT2D eigenvalue weighted by Crippen LogP contribution is -2.11. The molecule has 0 N–H and O–H groups in total. The van der Waals surface area contributed by atoms with Crippen LogP contribution in [0.15, 0.2) is 18.2 Å². The molecule has 140 valence electrons. The summed E-state index contributed by atoms with van der Waals surface area (Å²) in [7, 11) is 2.83. The fourth-order valence-electron chi connectivity index (χ4n) is 2.48. The molecule has 6 nitrogen and oxygen atoms in total. The quantitative estimate of drug-likeness (QED) is 0.519. The molecule has 0 amide bonds. The van der Waals surface area contributed by atoms with Crippen molar-refractivity contribution in [2.45, 2.75) is 33.1 Å². The minimum atomic E-state index is -0.433. The lowest BCUT2D eigenvalue weighted by molar-refractivity contribution is -0.135. The summed E-state index contributed by atoms with van der Waals surface area (Å²) in [6.07, 6.45) is 1.08. The highest BCUT2D eigenvalue weighted by Crippen LogP contribution is 2.51. The van der Waals surface area contributed by atoms with E-state index in [1.54, 1.807) is 25.1 Å². The van der Waals surface area contributed by atoms with Gasteiger partial charge in [-0.25, -0.2) is 0 Å². The normalized spacial score (nSPS) is 10.5. The maximum absolute atomic E-state index is 12.1. The Hall–Kier alpha value is -2.47. The molecule has 0 spiro atoms. The Morgan fingerprint density at radius 1 is 0.885 bits per heavy atom. The number of halogens is 1. The van der Waals surface area contributed by atoms with Crippen molar-refractivity contribution in [2.24, 2.45) is 0 Å². The maximum atomic E-state index is 12.1. The Kier molecular flexibility index (Phi) is 6.69. The molecule has 0 radical (unpaired) electrons. The predicted octanol–water partition coefficient (Wildman–Crippen LogP) is 4.53. The van der Waals surface area contributed by atoms with Crippen molar-refractivity contribution in [3.63, 3.8) is 0 Å². The van der Waals surface area contributed by atoms with Crippen LogP contribution in [0.1, 0.15) is 33.1 Å². The number of hydrogen-bond donors (Lipinski definition) is 0. The second-order valence-corrected chi connectivity index (χ2v) is 5.90. The third-order valence-electron chi connectivity index (χ3n) is 3.67. The molecule has 0 unspecified atom stereocenters. The number of rotatable bonds is 7. The number of hydrogen-bond acceptors (Lipinski definition) is 6. The molecule has 0 aliphatic rings. The zero-order valence-corrected chi connectivity index (χ0v) is 15.9. The van der Waals surface area contributed by atoms with E-state index in [4.69, 9.17) is 30.5 Å². The third-order valence-corrected chi connectivity index (χ3v) is 3.91. The summed E-state index contributed by atoms with van der Waals surface area (Å²) >= 11 is 6.12. The molecule has 0 aliphatic carbocycles. The highest BCUT2D eigenvalue weighted by Gasteiger charge is 2.26. The summed E-state index contributed by atoms with van der Waals surface area (Å²) in [5, 5.41) is 1.44. The molecule has 0 atom stereocenters. The Morgan fingerprint density at radius 3 is 2.00 bits per heavy atom. The molecule has 0 aromatic heterocycles. The molecule has 2 rings (SSSR count). The van der Waals surface area contributed by atoms with Crippen molar-refractivity contribution in [2.75, 3.05) is 14.2 Å². The minimum Gasteiger partial charge on any atom is -0.490 e. The van der Waals surface area contributed by atoms with Gasteiger partial charge in [0.15, 0.2) is 11.5 Å². The largest absolute Gasteiger partial charge is 0.490 e. The molecule has 0 bridgehead atoms. The first-order valence-electron chi connectivity index (χ1n) is 8.25. The summed E-state index contributed by atoms with van der Waals surface area (Å²) in [6.45, 7) is 3.56. The number of ether oxygens (including phenoxy) is 4. The van der Waals surface area contributed by atoms with Crippen LogP contribution in [0.4, 0.5) is 0 Å². The molecule has 2 aromatic carbocycles. The number of esters is 2. The van der Waals surface area contributed by atoms with Gasteiger partial charge in [0.1, 0.15) is 0 Å². The van der Waals surface area contributed by atoms with Gasteiger partial charge in [-0.1, -0.05) is 25.4 Å². The van der Waals surface area contributed by atoms with Crippen molar-refractivity contribution < 1.29 is 28.5 Å². The van der Waals surface area contributed by atoms with Crippen LogP contribution in [0.2, 0.25) is 5.02 Å². The fraction of sp³-hybridized carbons (Fsp3) is 0.368. The van der Waals surface area contributed by atoms with E-state index in [1.165, 1.54) is 14.2 Å². The summed E-state index contributed by atoms with van der Waals surface area (Å²) in [5.74, 6) is -0.145. The SMILES string of the molecule is CCCC(=O)Oc1c(OC)c(OC)c(OC(=O)CC)c2ccc(Cl)cc12. The van der Waals surface area contributed by atoms with E-state index in [-0.39, 0.29) is 35.8 Å². The topological polar surface area (TPSA) is 71.1 Å². The minimum absolute atomic E-state index is 0.158. The molecule has 0 saturated carbocycles. The number of methoxy groups -OCH3 is 2. The molecule has 0 heterocycles. The monoisotopic (exact) mass is 380 g/mol. The lowest BCUT2D eigenvalue weighted by atomic mass is 10.1. The summed E-state index contributed by atoms with van der Waals surface area (Å²) < 4.78 is 21.8. The molecule has 2 aromatic rings. The Balaban J connectivity index is 2.80. The first kappa shape index (κ1) is 19.8. The molecule has 7 heteroatoms. The first-order valence-corrected chi connectivity index (χ1v) is 8.63. The van der Waals surface area contributed by atoms with Crippen LogP contribution < -0.4 is 18.9 Å². The van der Waals surface area contributed by atoms with Gasteiger partial charge in [0.05, 0.1) is 14.2 Å². The van der Waals surface area contributed by atoms with Gasteiger partial charge in [0, 0.05) is 28.6 Å². The zero-order valence-electron chi connectivity index (χ0n) is 15.2. The van der Waals surface area contributed by atoms with Crippen LogP contribution >= 0.6 is 11.6 Å². The van der Waals surface area contributed by atoms with Crippen molar-refractivity contribution in [1.82, 2.24) is 0 Å². The lowest BCUT2D eigenvalue weighted by Gasteiger charge is -2.19. The van der Waals surface area contributed by atoms with Crippen molar-refractivity contribution in [3.8, 4) is 23.0 Å². The van der Waals surface area contributed by atoms with Crippen LogP contribution in [0.3, 0.4) is 0 Å². The Bertz CT molecular complexity index is 831. The van der Waals surface area contributed by atoms with Crippen LogP contribution in [0, 0.1) is 0 Å². The van der Waals surface area contributed by atoms with Gasteiger partial charge in [-0.3, -0.25) is 9.59 Å². The fourth-order valence-corrected chi connectivity index (χ4v) is 2.65. The van der Waals surface area contributed by atoms with E-state index >= 15 is 0 Å². The van der Waals surface area contributed by atoms with Crippen molar-refractivity contribution in [3.05, 3.63) is 23.2 Å². The Morgan fingerprint density at radius 2 is 1.46 bits per heavy atom. The predicted molar refractivity (Wildman–Crippen MR) is 98.5 cm³/mol. The summed E-state index contributed by atoms with van der Waals surface area (Å²) in [5.41, 5.74) is 0.